The van der Waals surface area contributed by atoms with E-state index in [2.05, 4.69) is 81.5 Å². The van der Waals surface area contributed by atoms with E-state index in [1.54, 1.807) is 6.08 Å². The van der Waals surface area contributed by atoms with Crippen LogP contribution in [0.3, 0.4) is 0 Å². The van der Waals surface area contributed by atoms with Crippen molar-refractivity contribution in [1.82, 2.24) is 0 Å². The zero-order valence-electron chi connectivity index (χ0n) is 31.3. The van der Waals surface area contributed by atoms with Crippen LogP contribution < -0.4 is 0 Å². The van der Waals surface area contributed by atoms with Crippen molar-refractivity contribution >= 4 is 45.2 Å². The molecular weight excluding hydrogens is 693 g/mol. The summed E-state index contributed by atoms with van der Waals surface area (Å²) in [7, 11) is -10.1. The SMILES string of the molecule is CC1=C[C@H](OP(=O)(O)OP(=O)(O)O)CC(C)(C)[C@H]1/C=C/C(C)=C/C=C/C(C)=C/C=C/C=C(C)/C=C/C=C(C)/C=C/C1=C(C)C[C@@H](O)CC1(C)C.[NaH]. The van der Waals surface area contributed by atoms with Crippen LogP contribution in [0.2, 0.25) is 0 Å². The van der Waals surface area contributed by atoms with Gasteiger partial charge in [0, 0.05) is 5.92 Å². The first-order chi connectivity index (χ1) is 23.0. The molecule has 1 unspecified atom stereocenters. The normalized spacial score (nSPS) is 25.4. The first-order valence-corrected chi connectivity index (χ1v) is 19.9. The third-order valence-corrected chi connectivity index (χ3v) is 11.0. The van der Waals surface area contributed by atoms with Gasteiger partial charge in [0.05, 0.1) is 12.2 Å². The van der Waals surface area contributed by atoms with E-state index in [4.69, 9.17) is 14.3 Å². The second kappa shape index (κ2) is 20.7. The maximum atomic E-state index is 12.0. The molecule has 0 fully saturated rings. The quantitative estimate of drug-likeness (QED) is 0.0597. The van der Waals surface area contributed by atoms with Gasteiger partial charge in [-0.25, -0.2) is 9.13 Å². The van der Waals surface area contributed by atoms with Gasteiger partial charge >= 0.3 is 45.2 Å². The molecular formula is C40H59NaO8P2. The zero-order chi connectivity index (χ0) is 37.9. The molecule has 4 atom stereocenters. The first kappa shape index (κ1) is 47.4. The number of aliphatic hydroxyl groups is 1. The van der Waals surface area contributed by atoms with Gasteiger partial charge in [-0.1, -0.05) is 152 Å². The molecule has 0 aromatic heterocycles. The summed E-state index contributed by atoms with van der Waals surface area (Å²) in [5.74, 6) is 0.0307. The van der Waals surface area contributed by atoms with E-state index in [9.17, 15) is 19.1 Å². The summed E-state index contributed by atoms with van der Waals surface area (Å²) >= 11 is 0. The molecule has 2 rings (SSSR count). The van der Waals surface area contributed by atoms with Crippen molar-refractivity contribution in [3.63, 3.8) is 0 Å². The maximum absolute atomic E-state index is 12.0. The van der Waals surface area contributed by atoms with Crippen LogP contribution in [0.25, 0.3) is 0 Å². The summed E-state index contributed by atoms with van der Waals surface area (Å²) in [4.78, 5) is 27.5. The topological polar surface area (TPSA) is 134 Å². The molecule has 0 heterocycles. The Kier molecular flexibility index (Phi) is 19.2. The summed E-state index contributed by atoms with van der Waals surface area (Å²) in [6, 6.07) is 0. The van der Waals surface area contributed by atoms with Crippen LogP contribution in [0.4, 0.5) is 0 Å². The van der Waals surface area contributed by atoms with Gasteiger partial charge in [0.1, 0.15) is 0 Å². The fourth-order valence-electron chi connectivity index (χ4n) is 6.51. The van der Waals surface area contributed by atoms with Gasteiger partial charge in [-0.2, -0.15) is 4.31 Å². The van der Waals surface area contributed by atoms with Gasteiger partial charge in [-0.15, -0.1) is 0 Å². The van der Waals surface area contributed by atoms with Crippen molar-refractivity contribution in [2.45, 2.75) is 101 Å². The standard InChI is InChI=1S/C40H58O8P2.Na.H/c1-29(17-13-19-31(3)21-23-37-33(5)25-35(41)27-39(37,7)8)15-11-12-16-30(2)18-14-20-32(4)22-24-38-34(6)26-36(28-40(38,9)10)47-50(45,46)48-49(42,43)44;;/h11-24,26,35-36,38,41H,25,27-28H2,1-10H3,(H,45,46)(H2,42,43,44);;/b12-11+,17-13+,18-14+,23-21+,24-22+,29-15+,30-16+,31-19+,32-20+;;/t35-,36+,38+;;/m1../s1. The first-order valence-electron chi connectivity index (χ1n) is 16.9. The van der Waals surface area contributed by atoms with Gasteiger partial charge in [0.15, 0.2) is 0 Å². The number of hydrogen-bond acceptors (Lipinski definition) is 5. The van der Waals surface area contributed by atoms with E-state index in [1.807, 2.05) is 77.2 Å². The Labute approximate surface area is 328 Å². The Hall–Kier alpha value is -1.64. The Morgan fingerprint density at radius 1 is 0.784 bits per heavy atom. The molecule has 0 radical (unpaired) electrons. The molecule has 0 spiro atoms. The average molecular weight is 753 g/mol. The molecule has 0 bridgehead atoms. The molecule has 2 aliphatic rings. The fourth-order valence-corrected chi connectivity index (χ4v) is 8.21. The predicted octanol–water partition coefficient (Wildman–Crippen LogP) is 9.99. The van der Waals surface area contributed by atoms with E-state index in [0.717, 1.165) is 35.1 Å². The van der Waals surface area contributed by atoms with Gasteiger partial charge < -0.3 is 19.8 Å². The average Bonchev–Trinajstić information content (AvgIpc) is 2.91. The van der Waals surface area contributed by atoms with Crippen LogP contribution >= 0.6 is 15.6 Å². The Bertz CT molecular complexity index is 1660. The van der Waals surface area contributed by atoms with Crippen molar-refractivity contribution in [3.05, 3.63) is 130 Å². The second-order valence-electron chi connectivity index (χ2n) is 14.8. The van der Waals surface area contributed by atoms with Crippen molar-refractivity contribution < 1.29 is 37.8 Å². The summed E-state index contributed by atoms with van der Waals surface area (Å²) in [5, 5.41) is 10.1. The van der Waals surface area contributed by atoms with Gasteiger partial charge in [-0.05, 0) is 77.2 Å². The van der Waals surface area contributed by atoms with E-state index < -0.39 is 21.7 Å². The van der Waals surface area contributed by atoms with Crippen LogP contribution in [0.1, 0.15) is 88.5 Å². The van der Waals surface area contributed by atoms with Crippen molar-refractivity contribution in [3.8, 4) is 0 Å². The number of allylic oxidation sites excluding steroid dienone is 20. The monoisotopic (exact) mass is 752 g/mol. The fraction of sp³-hybridized carbons (Fsp3) is 0.450. The summed E-state index contributed by atoms with van der Waals surface area (Å²) in [5.41, 5.74) is 7.58. The van der Waals surface area contributed by atoms with Crippen LogP contribution in [0.15, 0.2) is 130 Å². The van der Waals surface area contributed by atoms with Crippen LogP contribution in [-0.2, 0) is 18.0 Å². The Morgan fingerprint density at radius 2 is 1.27 bits per heavy atom. The van der Waals surface area contributed by atoms with Gasteiger partial charge in [0.2, 0.25) is 0 Å². The number of hydrogen-bond donors (Lipinski definition) is 4. The van der Waals surface area contributed by atoms with Crippen LogP contribution in [0.5, 0.6) is 0 Å². The van der Waals surface area contributed by atoms with Gasteiger partial charge in [0.25, 0.3) is 0 Å². The number of aliphatic hydroxyl groups excluding tert-OH is 1. The number of phosphoric ester groups is 1. The Balaban J connectivity index is 0.0000130. The van der Waals surface area contributed by atoms with Crippen LogP contribution in [0, 0.1) is 16.7 Å². The molecule has 4 N–H and O–H groups in total. The zero-order valence-corrected chi connectivity index (χ0v) is 33.1. The van der Waals surface area contributed by atoms with E-state index in [1.165, 1.54) is 16.7 Å². The molecule has 51 heavy (non-hydrogen) atoms. The third-order valence-electron chi connectivity index (χ3n) is 8.79. The minimum absolute atomic E-state index is 0. The van der Waals surface area contributed by atoms with Crippen molar-refractivity contribution in [1.29, 1.82) is 0 Å². The molecule has 0 saturated carbocycles. The van der Waals surface area contributed by atoms with Crippen molar-refractivity contribution in [2.75, 3.05) is 0 Å². The predicted molar refractivity (Wildman–Crippen MR) is 213 cm³/mol. The molecule has 8 nitrogen and oxygen atoms in total. The summed E-state index contributed by atoms with van der Waals surface area (Å²) in [6.45, 7) is 20.6. The molecule has 11 heteroatoms. The summed E-state index contributed by atoms with van der Waals surface area (Å²) < 4.78 is 32.0. The molecule has 0 aromatic carbocycles. The third kappa shape index (κ3) is 17.8. The molecule has 0 aliphatic heterocycles. The molecule has 0 saturated heterocycles. The van der Waals surface area contributed by atoms with Crippen LogP contribution in [-0.4, -0.2) is 61.6 Å². The van der Waals surface area contributed by atoms with Crippen molar-refractivity contribution in [2.24, 2.45) is 16.7 Å². The van der Waals surface area contributed by atoms with E-state index >= 15 is 0 Å². The van der Waals surface area contributed by atoms with Gasteiger partial charge in [-0.3, -0.25) is 4.52 Å². The summed E-state index contributed by atoms with van der Waals surface area (Å²) in [6.07, 6.45) is 31.5. The molecule has 2 aliphatic carbocycles. The Morgan fingerprint density at radius 3 is 1.76 bits per heavy atom. The molecule has 0 aromatic rings. The molecule has 0 amide bonds. The second-order valence-corrected chi connectivity index (χ2v) is 17.6. The minimum atomic E-state index is -5.18. The van der Waals surface area contributed by atoms with E-state index in [-0.39, 0.29) is 52.4 Å². The molecule has 278 valence electrons. The van der Waals surface area contributed by atoms with E-state index in [0.29, 0.717) is 6.42 Å². The number of rotatable bonds is 14. The number of phosphoric acid groups is 2.